The van der Waals surface area contributed by atoms with Crippen molar-refractivity contribution >= 4 is 29.5 Å². The van der Waals surface area contributed by atoms with Crippen LogP contribution < -0.4 is 20.0 Å². The molecule has 3 aromatic rings. The van der Waals surface area contributed by atoms with E-state index < -0.39 is 12.2 Å². The molecule has 0 bridgehead atoms. The third-order valence-electron chi connectivity index (χ3n) is 7.11. The van der Waals surface area contributed by atoms with Gasteiger partial charge in [-0.25, -0.2) is 14.8 Å². The fourth-order valence-corrected chi connectivity index (χ4v) is 4.85. The number of pyridine rings is 2. The lowest BCUT2D eigenvalue weighted by molar-refractivity contribution is 0.0995. The molecule has 2 atom stereocenters. The Hall–Kier alpha value is -3.98. The van der Waals surface area contributed by atoms with E-state index in [1.165, 1.54) is 0 Å². The molecule has 0 spiro atoms. The van der Waals surface area contributed by atoms with Gasteiger partial charge in [0.05, 0.1) is 23.8 Å². The monoisotopic (exact) mass is 500 g/mol. The molecule has 2 amide bonds. The normalized spacial score (nSPS) is 19.0. The lowest BCUT2D eigenvalue weighted by Gasteiger charge is -2.24. The number of carbonyl (C=O) groups excluding carboxylic acids is 2. The van der Waals surface area contributed by atoms with Gasteiger partial charge in [0.2, 0.25) is 0 Å². The number of hydrogen-bond donors (Lipinski definition) is 1. The average molecular weight is 501 g/mol. The quantitative estimate of drug-likeness (QED) is 0.518. The highest BCUT2D eigenvalue weighted by molar-refractivity contribution is 6.10. The maximum Gasteiger partial charge on any atom is 0.416 e. The Bertz CT molecular complexity index is 1330. The first kappa shape index (κ1) is 24.7. The van der Waals surface area contributed by atoms with E-state index in [1.807, 2.05) is 63.5 Å². The molecule has 1 fully saturated rings. The highest BCUT2D eigenvalue weighted by Crippen LogP contribution is 2.37. The third kappa shape index (κ3) is 4.40. The van der Waals surface area contributed by atoms with Crippen LogP contribution in [0.15, 0.2) is 54.6 Å². The van der Waals surface area contributed by atoms with Crippen molar-refractivity contribution in [3.8, 4) is 0 Å². The molecule has 5 rings (SSSR count). The lowest BCUT2D eigenvalue weighted by atomic mass is 10.0. The number of amides is 2. The molecule has 0 radical (unpaired) electrons. The minimum atomic E-state index is -0.455. The van der Waals surface area contributed by atoms with Crippen molar-refractivity contribution in [3.05, 3.63) is 77.0 Å². The molecule has 2 aliphatic rings. The van der Waals surface area contributed by atoms with Gasteiger partial charge < -0.3 is 15.0 Å². The van der Waals surface area contributed by atoms with E-state index in [0.29, 0.717) is 30.3 Å². The van der Waals surface area contributed by atoms with Crippen molar-refractivity contribution in [1.82, 2.24) is 15.3 Å². The van der Waals surface area contributed by atoms with Crippen LogP contribution in [-0.4, -0.2) is 48.1 Å². The highest BCUT2D eigenvalue weighted by Gasteiger charge is 2.42. The predicted molar refractivity (Wildman–Crippen MR) is 143 cm³/mol. The molecule has 0 saturated carbocycles. The second-order valence-electron chi connectivity index (χ2n) is 9.76. The zero-order chi connectivity index (χ0) is 26.3. The average Bonchev–Trinajstić information content (AvgIpc) is 3.39. The summed E-state index contributed by atoms with van der Waals surface area (Å²) < 4.78 is 5.71. The third-order valence-corrected chi connectivity index (χ3v) is 7.11. The number of aromatic nitrogens is 2. The summed E-state index contributed by atoms with van der Waals surface area (Å²) in [6.45, 7) is 7.03. The Balaban J connectivity index is 1.46. The largest absolute Gasteiger partial charge is 0.439 e. The smallest absolute Gasteiger partial charge is 0.416 e. The van der Waals surface area contributed by atoms with Gasteiger partial charge in [0.25, 0.3) is 5.91 Å². The van der Waals surface area contributed by atoms with Crippen LogP contribution in [0.1, 0.15) is 54.1 Å². The van der Waals surface area contributed by atoms with Crippen molar-refractivity contribution in [3.63, 3.8) is 0 Å². The predicted octanol–water partition coefficient (Wildman–Crippen LogP) is 4.29. The van der Waals surface area contributed by atoms with Gasteiger partial charge in [-0.05, 0) is 51.6 Å². The fraction of sp³-hybridized carbons (Fsp3) is 0.357. The van der Waals surface area contributed by atoms with Gasteiger partial charge in [0.1, 0.15) is 23.6 Å². The molecule has 1 N–H and O–H groups in total. The first-order chi connectivity index (χ1) is 17.8. The first-order valence-electron chi connectivity index (χ1n) is 12.5. The molecular formula is C28H32N6O3. The Morgan fingerprint density at radius 1 is 1.08 bits per heavy atom. The highest BCUT2D eigenvalue weighted by atomic mass is 16.6. The molecule has 1 saturated heterocycles. The molecule has 9 nitrogen and oxygen atoms in total. The van der Waals surface area contributed by atoms with E-state index >= 15 is 0 Å². The molecule has 192 valence electrons. The van der Waals surface area contributed by atoms with E-state index in [1.54, 1.807) is 21.9 Å². The topological polar surface area (TPSA) is 90.9 Å². The zero-order valence-corrected chi connectivity index (χ0v) is 21.8. The van der Waals surface area contributed by atoms with Crippen molar-refractivity contribution in [2.24, 2.45) is 0 Å². The minimum absolute atomic E-state index is 0.128. The van der Waals surface area contributed by atoms with Crippen LogP contribution in [0, 0.1) is 0 Å². The number of cyclic esters (lactones) is 1. The summed E-state index contributed by atoms with van der Waals surface area (Å²) in [7, 11) is 3.84. The Morgan fingerprint density at radius 2 is 1.81 bits per heavy atom. The maximum atomic E-state index is 13.6. The second-order valence-corrected chi connectivity index (χ2v) is 9.76. The second kappa shape index (κ2) is 9.82. The number of ether oxygens (including phenoxy) is 1. The standard InChI is InChI=1S/C28H32N6O3/c1-17(2)32(5)25-14-20-21(22(30-25)15-29-4)16-33(27(20)35)23-12-9-13-24(31-23)34-18(3)26(37-28(34)36)19-10-7-6-8-11-19/h6-14,17-18,26,29H,15-16H2,1-5H3/t18-,26-/m0/s1. The summed E-state index contributed by atoms with van der Waals surface area (Å²) in [5.74, 6) is 1.57. The van der Waals surface area contributed by atoms with Crippen molar-refractivity contribution in [2.75, 3.05) is 28.8 Å². The van der Waals surface area contributed by atoms with Gasteiger partial charge >= 0.3 is 6.09 Å². The molecule has 2 aliphatic heterocycles. The van der Waals surface area contributed by atoms with Gasteiger partial charge in [0, 0.05) is 25.2 Å². The summed E-state index contributed by atoms with van der Waals surface area (Å²) in [6, 6.07) is 16.9. The summed E-state index contributed by atoms with van der Waals surface area (Å²) in [5.41, 5.74) is 3.30. The van der Waals surface area contributed by atoms with Gasteiger partial charge in [-0.3, -0.25) is 14.6 Å². The molecule has 4 heterocycles. The fourth-order valence-electron chi connectivity index (χ4n) is 4.85. The van der Waals surface area contributed by atoms with Crippen LogP contribution in [0.5, 0.6) is 0 Å². The van der Waals surface area contributed by atoms with Crippen molar-refractivity contribution in [2.45, 2.75) is 52.0 Å². The Morgan fingerprint density at radius 3 is 2.51 bits per heavy atom. The molecule has 2 aromatic heterocycles. The van der Waals surface area contributed by atoms with Crippen LogP contribution in [0.2, 0.25) is 0 Å². The number of hydrogen-bond acceptors (Lipinski definition) is 7. The van der Waals surface area contributed by atoms with Crippen molar-refractivity contribution in [1.29, 1.82) is 0 Å². The first-order valence-corrected chi connectivity index (χ1v) is 12.5. The summed E-state index contributed by atoms with van der Waals surface area (Å²) in [6.07, 6.45) is -0.854. The number of fused-ring (bicyclic) bond motifs is 1. The van der Waals surface area contributed by atoms with E-state index in [0.717, 1.165) is 22.6 Å². The van der Waals surface area contributed by atoms with Gasteiger partial charge in [-0.15, -0.1) is 0 Å². The minimum Gasteiger partial charge on any atom is -0.439 e. The molecule has 0 aliphatic carbocycles. The maximum absolute atomic E-state index is 13.6. The zero-order valence-electron chi connectivity index (χ0n) is 21.8. The van der Waals surface area contributed by atoms with Crippen LogP contribution >= 0.6 is 0 Å². The van der Waals surface area contributed by atoms with E-state index in [4.69, 9.17) is 14.7 Å². The van der Waals surface area contributed by atoms with Gasteiger partial charge in [-0.2, -0.15) is 0 Å². The molecule has 1 aromatic carbocycles. The number of carbonyl (C=O) groups is 2. The summed E-state index contributed by atoms with van der Waals surface area (Å²) in [5, 5.41) is 3.17. The van der Waals surface area contributed by atoms with Crippen LogP contribution in [-0.2, 0) is 17.8 Å². The molecule has 9 heteroatoms. The Labute approximate surface area is 217 Å². The number of nitrogens with one attached hydrogen (secondary N) is 1. The number of benzene rings is 1. The number of anilines is 3. The van der Waals surface area contributed by atoms with E-state index in [2.05, 4.69) is 24.1 Å². The Kier molecular flexibility index (Phi) is 6.55. The van der Waals surface area contributed by atoms with Gasteiger partial charge in [-0.1, -0.05) is 36.4 Å². The summed E-state index contributed by atoms with van der Waals surface area (Å²) in [4.78, 5) is 41.3. The number of rotatable bonds is 7. The van der Waals surface area contributed by atoms with Crippen LogP contribution in [0.4, 0.5) is 22.2 Å². The molecule has 37 heavy (non-hydrogen) atoms. The van der Waals surface area contributed by atoms with E-state index in [-0.39, 0.29) is 18.0 Å². The van der Waals surface area contributed by atoms with Crippen LogP contribution in [0.25, 0.3) is 0 Å². The number of nitrogens with zero attached hydrogens (tertiary/aromatic N) is 5. The van der Waals surface area contributed by atoms with E-state index in [9.17, 15) is 9.59 Å². The lowest BCUT2D eigenvalue weighted by Crippen LogP contribution is -2.33. The van der Waals surface area contributed by atoms with Gasteiger partial charge in [0.15, 0.2) is 0 Å². The summed E-state index contributed by atoms with van der Waals surface area (Å²) >= 11 is 0. The molecular weight excluding hydrogens is 468 g/mol. The molecule has 0 unspecified atom stereocenters. The van der Waals surface area contributed by atoms with Crippen molar-refractivity contribution < 1.29 is 14.3 Å². The SMILES string of the molecule is CNCc1nc(N(C)C(C)C)cc2c1CN(c1cccc(N3C(=O)O[C@H](c4ccccc4)[C@@H]3C)n1)C2=O. The van der Waals surface area contributed by atoms with Crippen LogP contribution in [0.3, 0.4) is 0 Å².